The number of hydrogen-bond donors (Lipinski definition) is 1. The Hall–Kier alpha value is -1.49. The fourth-order valence-electron chi connectivity index (χ4n) is 0.308. The van der Waals surface area contributed by atoms with Crippen molar-refractivity contribution in [2.24, 2.45) is 0 Å². The second kappa shape index (κ2) is 2.03. The summed E-state index contributed by atoms with van der Waals surface area (Å²) < 4.78 is 21.1. The van der Waals surface area contributed by atoms with Crippen molar-refractivity contribution in [2.45, 2.75) is 5.16 Å². The molecule has 10 heavy (non-hydrogen) atoms. The zero-order valence-corrected chi connectivity index (χ0v) is 5.33. The summed E-state index contributed by atoms with van der Waals surface area (Å²) in [6, 6.07) is 0. The number of H-pyrrole nitrogens is 1. The van der Waals surface area contributed by atoms with Crippen LogP contribution in [0.3, 0.4) is 0 Å². The summed E-state index contributed by atoms with van der Waals surface area (Å²) in [5, 5.41) is 19.5. The van der Waals surface area contributed by atoms with E-state index in [9.17, 15) is 8.42 Å². The van der Waals surface area contributed by atoms with Crippen LogP contribution in [0.15, 0.2) is 5.16 Å². The van der Waals surface area contributed by atoms with Gasteiger partial charge in [-0.25, -0.2) is 13.5 Å². The molecule has 1 aromatic heterocycles. The molecular weight excluding hydrogens is 158 g/mol. The fraction of sp³-hybridized carbons (Fsp3) is 0. The number of thiocyanates is 1. The molecule has 0 radical (unpaired) electrons. The Bertz CT molecular complexity index is 343. The van der Waals surface area contributed by atoms with Crippen LogP contribution >= 0.6 is 0 Å². The van der Waals surface area contributed by atoms with Gasteiger partial charge in [0.1, 0.15) is 0 Å². The molecule has 1 aromatic rings. The lowest BCUT2D eigenvalue weighted by atomic mass is 11.4. The van der Waals surface area contributed by atoms with E-state index >= 15 is 0 Å². The van der Waals surface area contributed by atoms with Gasteiger partial charge in [0.05, 0.1) is 0 Å². The van der Waals surface area contributed by atoms with Gasteiger partial charge < -0.3 is 0 Å². The van der Waals surface area contributed by atoms with Gasteiger partial charge in [0, 0.05) is 0 Å². The fourth-order valence-corrected chi connectivity index (χ4v) is 0.699. The van der Waals surface area contributed by atoms with Gasteiger partial charge in [0.15, 0.2) is 0 Å². The molecule has 7 nitrogen and oxygen atoms in total. The summed E-state index contributed by atoms with van der Waals surface area (Å²) in [6.07, 6.45) is 0. The Labute approximate surface area is 55.6 Å². The van der Waals surface area contributed by atoms with Gasteiger partial charge in [-0.2, -0.15) is 5.26 Å². The highest BCUT2D eigenvalue weighted by atomic mass is 32.2. The lowest BCUT2D eigenvalue weighted by Gasteiger charge is -1.79. The number of nitriles is 1. The van der Waals surface area contributed by atoms with Crippen molar-refractivity contribution in [2.75, 3.05) is 0 Å². The smallest absolute Gasteiger partial charge is 0.229 e. The second-order valence-corrected chi connectivity index (χ2v) is 2.88. The summed E-state index contributed by atoms with van der Waals surface area (Å²) in [5.41, 5.74) is 0. The van der Waals surface area contributed by atoms with Crippen LogP contribution in [-0.4, -0.2) is 29.0 Å². The lowest BCUT2D eigenvalue weighted by molar-refractivity contribution is 0.597. The monoisotopic (exact) mass is 159 g/mol. The van der Waals surface area contributed by atoms with E-state index in [1.807, 2.05) is 5.10 Å². The van der Waals surface area contributed by atoms with E-state index < -0.39 is 15.0 Å². The van der Waals surface area contributed by atoms with Crippen molar-refractivity contribution in [3.05, 3.63) is 0 Å². The first-order valence-corrected chi connectivity index (χ1v) is 3.55. The second-order valence-electron chi connectivity index (χ2n) is 1.30. The summed E-state index contributed by atoms with van der Waals surface area (Å²) in [4.78, 5) is 0. The molecule has 1 heterocycles. The van der Waals surface area contributed by atoms with Crippen LogP contribution in [0.1, 0.15) is 0 Å². The SMILES string of the molecule is N#CS(=O)(=O)c1nnn[nH]1. The summed E-state index contributed by atoms with van der Waals surface area (Å²) in [7, 11) is -3.94. The zero-order chi connectivity index (χ0) is 7.61. The minimum atomic E-state index is -3.94. The minimum Gasteiger partial charge on any atom is -0.229 e. The van der Waals surface area contributed by atoms with Crippen LogP contribution < -0.4 is 0 Å². The number of aromatic amines is 1. The molecule has 0 saturated heterocycles. The third kappa shape index (κ3) is 0.939. The molecule has 0 aliphatic rings. The highest BCUT2D eigenvalue weighted by Crippen LogP contribution is 1.96. The molecule has 0 saturated carbocycles. The van der Waals surface area contributed by atoms with E-state index in [0.29, 0.717) is 0 Å². The highest BCUT2D eigenvalue weighted by Gasteiger charge is 2.16. The maximum atomic E-state index is 10.5. The number of sulfone groups is 1. The first-order chi connectivity index (χ1) is 4.67. The molecule has 0 aliphatic heterocycles. The van der Waals surface area contributed by atoms with Gasteiger partial charge in [-0.3, -0.25) is 0 Å². The average Bonchev–Trinajstić information content (AvgIpc) is 2.38. The van der Waals surface area contributed by atoms with Crippen molar-refractivity contribution in [3.8, 4) is 5.40 Å². The van der Waals surface area contributed by atoms with E-state index in [4.69, 9.17) is 5.26 Å². The molecule has 0 spiro atoms. The van der Waals surface area contributed by atoms with Crippen molar-refractivity contribution < 1.29 is 8.42 Å². The molecule has 52 valence electrons. The van der Waals surface area contributed by atoms with Crippen LogP contribution in [-0.2, 0) is 9.84 Å². The Morgan fingerprint density at radius 3 is 2.70 bits per heavy atom. The predicted molar refractivity (Wildman–Crippen MR) is 27.0 cm³/mol. The molecule has 0 bridgehead atoms. The van der Waals surface area contributed by atoms with Crippen LogP contribution in [0.5, 0.6) is 0 Å². The molecule has 1 N–H and O–H groups in total. The topological polar surface area (TPSA) is 112 Å². The van der Waals surface area contributed by atoms with Crippen molar-refractivity contribution in [1.82, 2.24) is 20.6 Å². The van der Waals surface area contributed by atoms with Gasteiger partial charge >= 0.3 is 9.84 Å². The molecule has 0 aliphatic carbocycles. The third-order valence-corrected chi connectivity index (χ3v) is 1.62. The number of aromatic nitrogens is 4. The Morgan fingerprint density at radius 1 is 1.60 bits per heavy atom. The van der Waals surface area contributed by atoms with E-state index in [2.05, 4.69) is 15.5 Å². The van der Waals surface area contributed by atoms with Gasteiger partial charge in [-0.15, -0.1) is 0 Å². The van der Waals surface area contributed by atoms with Crippen molar-refractivity contribution in [3.63, 3.8) is 0 Å². The quantitative estimate of drug-likeness (QED) is 0.392. The largest absolute Gasteiger partial charge is 0.306 e. The number of hydrogen-bond acceptors (Lipinski definition) is 6. The van der Waals surface area contributed by atoms with E-state index in [1.165, 1.54) is 0 Å². The molecular formula is C2HN5O2S. The Kier molecular flexibility index (Phi) is 1.35. The predicted octanol–water partition coefficient (Wildman–Crippen LogP) is -1.55. The molecule has 0 amide bonds. The average molecular weight is 159 g/mol. The van der Waals surface area contributed by atoms with Gasteiger partial charge in [0.25, 0.3) is 5.16 Å². The van der Waals surface area contributed by atoms with Crippen molar-refractivity contribution in [1.29, 1.82) is 5.26 Å². The van der Waals surface area contributed by atoms with Crippen LogP contribution in [0, 0.1) is 10.7 Å². The molecule has 0 atom stereocenters. The van der Waals surface area contributed by atoms with E-state index in [1.54, 1.807) is 0 Å². The molecule has 0 fully saturated rings. The normalized spacial score (nSPS) is 10.7. The Morgan fingerprint density at radius 2 is 2.30 bits per heavy atom. The third-order valence-electron chi connectivity index (χ3n) is 0.701. The standard InChI is InChI=1S/C2HN5O2S/c3-1-10(8,9)2-4-6-7-5-2/h(H,4,5,6,7). The van der Waals surface area contributed by atoms with E-state index in [-0.39, 0.29) is 0 Å². The van der Waals surface area contributed by atoms with Crippen LogP contribution in [0.2, 0.25) is 0 Å². The van der Waals surface area contributed by atoms with Gasteiger partial charge in [0.2, 0.25) is 5.40 Å². The van der Waals surface area contributed by atoms with Crippen LogP contribution in [0.4, 0.5) is 0 Å². The molecule has 0 unspecified atom stereocenters. The molecule has 0 aromatic carbocycles. The summed E-state index contributed by atoms with van der Waals surface area (Å²) in [6.45, 7) is 0. The number of nitrogens with zero attached hydrogens (tertiary/aromatic N) is 4. The van der Waals surface area contributed by atoms with Crippen molar-refractivity contribution >= 4 is 9.84 Å². The first kappa shape index (κ1) is 6.63. The van der Waals surface area contributed by atoms with Gasteiger partial charge in [-0.1, -0.05) is 5.10 Å². The minimum absolute atomic E-state index is 0.532. The van der Waals surface area contributed by atoms with Crippen LogP contribution in [0.25, 0.3) is 0 Å². The highest BCUT2D eigenvalue weighted by molar-refractivity contribution is 7.95. The first-order valence-electron chi connectivity index (χ1n) is 2.06. The zero-order valence-electron chi connectivity index (χ0n) is 4.51. The van der Waals surface area contributed by atoms with E-state index in [0.717, 1.165) is 5.40 Å². The maximum Gasteiger partial charge on any atom is 0.306 e. The van der Waals surface area contributed by atoms with Gasteiger partial charge in [-0.05, 0) is 10.4 Å². The number of nitrogens with one attached hydrogen (secondary N) is 1. The lowest BCUT2D eigenvalue weighted by Crippen LogP contribution is -1.98. The summed E-state index contributed by atoms with van der Waals surface area (Å²) >= 11 is 0. The summed E-state index contributed by atoms with van der Waals surface area (Å²) in [5.74, 6) is 0. The number of tetrazole rings is 1. The Balaban J connectivity index is 3.26. The molecule has 8 heteroatoms. The number of rotatable bonds is 1. The molecule has 1 rings (SSSR count). The maximum absolute atomic E-state index is 10.5.